The quantitative estimate of drug-likeness (QED) is 0.582. The average Bonchev–Trinajstić information content (AvgIpc) is 2.74. The van der Waals surface area contributed by atoms with Crippen LogP contribution in [0.2, 0.25) is 0 Å². The third-order valence-corrected chi connectivity index (χ3v) is 3.16. The number of anilines is 1. The molecular weight excluding hydrogens is 293 g/mol. The molecule has 6 N–H and O–H groups in total. The molecule has 0 saturated carbocycles. The second kappa shape index (κ2) is 6.44. The van der Waals surface area contributed by atoms with Crippen LogP contribution in [0.3, 0.4) is 0 Å². The van der Waals surface area contributed by atoms with Gasteiger partial charge in [0.15, 0.2) is 0 Å². The van der Waals surface area contributed by atoms with E-state index in [0.717, 1.165) is 0 Å². The first-order valence-electron chi connectivity index (χ1n) is 5.55. The van der Waals surface area contributed by atoms with Crippen LogP contribution in [0.1, 0.15) is 19.1 Å². The molecule has 0 spiro atoms. The van der Waals surface area contributed by atoms with Gasteiger partial charge in [-0.25, -0.2) is 9.36 Å². The zero-order valence-electron chi connectivity index (χ0n) is 10.4. The molecule has 1 saturated heterocycles. The number of phosphoric ester groups is 1. The summed E-state index contributed by atoms with van der Waals surface area (Å²) in [4.78, 5) is 32.3. The first-order valence-corrected chi connectivity index (χ1v) is 7.08. The van der Waals surface area contributed by atoms with E-state index in [1.165, 1.54) is 16.8 Å². The lowest BCUT2D eigenvalue weighted by molar-refractivity contribution is -0.0242. The van der Waals surface area contributed by atoms with Crippen LogP contribution in [0.4, 0.5) is 5.82 Å². The minimum atomic E-state index is -4.50. The van der Waals surface area contributed by atoms with E-state index in [1.54, 1.807) is 0 Å². The second-order valence-electron chi connectivity index (χ2n) is 4.12. The Bertz CT molecular complexity index is 557. The molecule has 114 valence electrons. The molecule has 0 amide bonds. The molecule has 0 radical (unpaired) electrons. The van der Waals surface area contributed by atoms with Gasteiger partial charge >= 0.3 is 13.5 Å². The van der Waals surface area contributed by atoms with E-state index in [-0.39, 0.29) is 17.9 Å². The number of nitrogens with two attached hydrogens (primary N) is 1. The molecule has 2 heterocycles. The normalized spacial score (nSPS) is 22.5. The molecule has 20 heavy (non-hydrogen) atoms. The number of nitrogens with zero attached hydrogens (tertiary/aromatic N) is 2. The van der Waals surface area contributed by atoms with Crippen LogP contribution in [-0.2, 0) is 13.8 Å². The third-order valence-electron chi connectivity index (χ3n) is 2.68. The number of aromatic nitrogens is 2. The highest BCUT2D eigenvalue weighted by molar-refractivity contribution is 7.46. The minimum Gasteiger partial charge on any atom is -0.412 e. The van der Waals surface area contributed by atoms with Crippen LogP contribution < -0.4 is 11.4 Å². The lowest BCUT2D eigenvalue weighted by Crippen LogP contribution is -2.27. The van der Waals surface area contributed by atoms with Crippen LogP contribution >= 0.6 is 7.82 Å². The number of hydrogen-bond acceptors (Lipinski definition) is 6. The molecule has 2 rings (SSSR count). The molecule has 1 aromatic rings. The Morgan fingerprint density at radius 1 is 1.55 bits per heavy atom. The van der Waals surface area contributed by atoms with E-state index >= 15 is 0 Å². The lowest BCUT2D eigenvalue weighted by Gasteiger charge is -2.15. The lowest BCUT2D eigenvalue weighted by atomic mass is 10.2. The number of nitrogen functional groups attached to an aromatic ring is 1. The molecule has 0 bridgehead atoms. The average molecular weight is 309 g/mol. The second-order valence-corrected chi connectivity index (χ2v) is 5.36. The van der Waals surface area contributed by atoms with Gasteiger partial charge in [0.1, 0.15) is 12.0 Å². The van der Waals surface area contributed by atoms with Gasteiger partial charge in [0, 0.05) is 6.20 Å². The highest BCUT2D eigenvalue weighted by Gasteiger charge is 2.29. The smallest absolute Gasteiger partial charge is 0.412 e. The van der Waals surface area contributed by atoms with Crippen LogP contribution in [0.5, 0.6) is 0 Å². The monoisotopic (exact) mass is 309 g/mol. The zero-order valence-corrected chi connectivity index (χ0v) is 11.3. The van der Waals surface area contributed by atoms with Crippen LogP contribution in [0.15, 0.2) is 17.1 Å². The number of ether oxygens (including phenoxy) is 1. The molecule has 1 aliphatic heterocycles. The van der Waals surface area contributed by atoms with E-state index in [2.05, 4.69) is 9.51 Å². The van der Waals surface area contributed by atoms with Crippen LogP contribution in [-0.4, -0.2) is 37.5 Å². The van der Waals surface area contributed by atoms with Crippen molar-refractivity contribution in [2.24, 2.45) is 0 Å². The van der Waals surface area contributed by atoms with E-state index in [4.69, 9.17) is 20.3 Å². The third kappa shape index (κ3) is 4.37. The van der Waals surface area contributed by atoms with Crippen molar-refractivity contribution < 1.29 is 29.1 Å². The predicted octanol–water partition coefficient (Wildman–Crippen LogP) is -1.21. The Labute approximate surface area is 113 Å². The standard InChI is InChI=1S/C9H14N3O6P.H2O/c10-7-3-4-12(9(13)11-7)8-2-1-6(18-8)5-17-19(14,15)16;/h3-4,6,8H,1-2,5H2,(H2,10,11,13)(H2,14,15,16);1H2/t6-,8+;/m1./s1. The maximum atomic E-state index is 11.6. The first kappa shape index (κ1) is 16.8. The van der Waals surface area contributed by atoms with Gasteiger partial charge in [-0.1, -0.05) is 0 Å². The number of hydrogen-bond donors (Lipinski definition) is 3. The fraction of sp³-hybridized carbons (Fsp3) is 0.556. The molecule has 0 aliphatic carbocycles. The van der Waals surface area contributed by atoms with E-state index in [0.29, 0.717) is 12.8 Å². The Kier molecular flexibility index (Phi) is 5.40. The summed E-state index contributed by atoms with van der Waals surface area (Å²) in [6.45, 7) is -0.224. The number of phosphoric acid groups is 1. The van der Waals surface area contributed by atoms with E-state index < -0.39 is 25.8 Å². The summed E-state index contributed by atoms with van der Waals surface area (Å²) < 4.78 is 21.7. The summed E-state index contributed by atoms with van der Waals surface area (Å²) >= 11 is 0. The Morgan fingerprint density at radius 3 is 2.85 bits per heavy atom. The van der Waals surface area contributed by atoms with Crippen molar-refractivity contribution in [3.05, 3.63) is 22.7 Å². The van der Waals surface area contributed by atoms with Gasteiger partial charge in [0.25, 0.3) is 0 Å². The zero-order chi connectivity index (χ0) is 14.0. The van der Waals surface area contributed by atoms with Crippen molar-refractivity contribution in [2.45, 2.75) is 25.2 Å². The minimum absolute atomic E-state index is 0. The SMILES string of the molecule is Nc1ccn([C@@H]2CC[C@H](COP(=O)(O)O)O2)c(=O)n1.O. The van der Waals surface area contributed by atoms with E-state index in [1.807, 2.05) is 0 Å². The van der Waals surface area contributed by atoms with Gasteiger partial charge in [-0.15, -0.1) is 0 Å². The van der Waals surface area contributed by atoms with Crippen molar-refractivity contribution in [2.75, 3.05) is 12.3 Å². The van der Waals surface area contributed by atoms with Crippen molar-refractivity contribution in [1.82, 2.24) is 9.55 Å². The fourth-order valence-electron chi connectivity index (χ4n) is 1.84. The molecule has 1 aliphatic rings. The topological polar surface area (TPSA) is 168 Å². The molecular formula is C9H16N3O7P. The summed E-state index contributed by atoms with van der Waals surface area (Å²) in [5.74, 6) is 0.126. The summed E-state index contributed by atoms with van der Waals surface area (Å²) in [6.07, 6.45) is 1.54. The van der Waals surface area contributed by atoms with Crippen LogP contribution in [0.25, 0.3) is 0 Å². The Morgan fingerprint density at radius 2 is 2.25 bits per heavy atom. The van der Waals surface area contributed by atoms with Gasteiger partial charge < -0.3 is 25.7 Å². The fourth-order valence-corrected chi connectivity index (χ4v) is 2.20. The molecule has 1 fully saturated rings. The van der Waals surface area contributed by atoms with Gasteiger partial charge in [0.2, 0.25) is 0 Å². The molecule has 10 nitrogen and oxygen atoms in total. The Hall–Kier alpha value is -1.29. The van der Waals surface area contributed by atoms with Crippen molar-refractivity contribution in [3.8, 4) is 0 Å². The highest BCUT2D eigenvalue weighted by atomic mass is 31.2. The number of rotatable bonds is 4. The molecule has 0 unspecified atom stereocenters. The summed E-state index contributed by atoms with van der Waals surface area (Å²) in [7, 11) is -4.50. The largest absolute Gasteiger partial charge is 0.469 e. The van der Waals surface area contributed by atoms with Crippen molar-refractivity contribution in [3.63, 3.8) is 0 Å². The summed E-state index contributed by atoms with van der Waals surface area (Å²) in [5.41, 5.74) is 4.85. The maximum absolute atomic E-state index is 11.6. The summed E-state index contributed by atoms with van der Waals surface area (Å²) in [5, 5.41) is 0. The highest BCUT2D eigenvalue weighted by Crippen LogP contribution is 2.37. The first-order chi connectivity index (χ1) is 8.85. The van der Waals surface area contributed by atoms with Crippen molar-refractivity contribution >= 4 is 13.6 Å². The van der Waals surface area contributed by atoms with Crippen molar-refractivity contribution in [1.29, 1.82) is 0 Å². The van der Waals surface area contributed by atoms with Gasteiger partial charge in [-0.2, -0.15) is 4.98 Å². The molecule has 1 aromatic heterocycles. The van der Waals surface area contributed by atoms with Crippen LogP contribution in [0, 0.1) is 0 Å². The molecule has 11 heteroatoms. The van der Waals surface area contributed by atoms with Gasteiger partial charge in [-0.05, 0) is 18.9 Å². The summed E-state index contributed by atoms with van der Waals surface area (Å²) in [6, 6.07) is 1.48. The van der Waals surface area contributed by atoms with Gasteiger partial charge in [0.05, 0.1) is 12.7 Å². The Balaban J connectivity index is 0.00000200. The van der Waals surface area contributed by atoms with Gasteiger partial charge in [-0.3, -0.25) is 9.09 Å². The van der Waals surface area contributed by atoms with E-state index in [9.17, 15) is 9.36 Å². The maximum Gasteiger partial charge on any atom is 0.469 e. The molecule has 0 aromatic carbocycles. The predicted molar refractivity (Wildman–Crippen MR) is 67.7 cm³/mol. The molecule has 2 atom stereocenters.